The Labute approximate surface area is 119 Å². The van der Waals surface area contributed by atoms with Crippen molar-refractivity contribution in [1.29, 1.82) is 0 Å². The fourth-order valence-electron chi connectivity index (χ4n) is 1.40. The molecule has 20 heavy (non-hydrogen) atoms. The molecule has 0 aliphatic carbocycles. The zero-order chi connectivity index (χ0) is 14.9. The number of nitrogens with one attached hydrogen (secondary N) is 2. The summed E-state index contributed by atoms with van der Waals surface area (Å²) in [4.78, 5) is 3.51. The summed E-state index contributed by atoms with van der Waals surface area (Å²) in [5.41, 5.74) is 1.69. The molecule has 4 N–H and O–H groups in total. The van der Waals surface area contributed by atoms with Crippen LogP contribution in [0.25, 0.3) is 0 Å². The van der Waals surface area contributed by atoms with Crippen LogP contribution in [0.1, 0.15) is 0 Å². The van der Waals surface area contributed by atoms with Crippen LogP contribution in [0, 0.1) is 23.3 Å². The lowest BCUT2D eigenvalue weighted by Gasteiger charge is -2.10. The summed E-state index contributed by atoms with van der Waals surface area (Å²) in [6, 6.07) is 2.20. The molecule has 0 atom stereocenters. The predicted octanol–water partition coefficient (Wildman–Crippen LogP) is 3.43. The fourth-order valence-corrected chi connectivity index (χ4v) is 1.74. The number of nitrogen functional groups attached to an aromatic ring is 1. The summed E-state index contributed by atoms with van der Waals surface area (Å²) < 4.78 is 53.2. The zero-order valence-electron chi connectivity index (χ0n) is 9.65. The van der Waals surface area contributed by atoms with Crippen molar-refractivity contribution in [3.8, 4) is 0 Å². The van der Waals surface area contributed by atoms with Crippen molar-refractivity contribution in [2.24, 2.45) is 5.84 Å². The number of hydrogen-bond acceptors (Lipinski definition) is 4. The van der Waals surface area contributed by atoms with E-state index in [0.717, 1.165) is 6.07 Å². The maximum Gasteiger partial charge on any atom is 0.178 e. The smallest absolute Gasteiger partial charge is 0.178 e. The van der Waals surface area contributed by atoms with Crippen molar-refractivity contribution in [3.05, 3.63) is 45.9 Å². The number of nitrogens with zero attached hydrogens (tertiary/aromatic N) is 1. The lowest BCUT2D eigenvalue weighted by molar-refractivity contribution is 0.576. The molecule has 0 spiro atoms. The third-order valence-corrected chi connectivity index (χ3v) is 2.94. The van der Waals surface area contributed by atoms with E-state index < -0.39 is 34.9 Å². The van der Waals surface area contributed by atoms with Crippen LogP contribution in [0.2, 0.25) is 0 Å². The minimum Gasteiger partial charge on any atom is -0.335 e. The second-order valence-electron chi connectivity index (χ2n) is 3.66. The summed E-state index contributed by atoms with van der Waals surface area (Å²) in [7, 11) is 0. The maximum atomic E-state index is 13.5. The van der Waals surface area contributed by atoms with Gasteiger partial charge in [-0.05, 0) is 22.0 Å². The first-order valence-corrected chi connectivity index (χ1v) is 5.96. The first-order chi connectivity index (χ1) is 9.42. The van der Waals surface area contributed by atoms with Crippen molar-refractivity contribution in [3.63, 3.8) is 0 Å². The van der Waals surface area contributed by atoms with Gasteiger partial charge in [0.15, 0.2) is 23.3 Å². The van der Waals surface area contributed by atoms with Crippen LogP contribution >= 0.6 is 15.9 Å². The van der Waals surface area contributed by atoms with E-state index in [1.165, 1.54) is 0 Å². The van der Waals surface area contributed by atoms with Crippen molar-refractivity contribution in [2.45, 2.75) is 0 Å². The molecule has 106 valence electrons. The molecule has 0 aliphatic rings. The highest BCUT2D eigenvalue weighted by atomic mass is 79.9. The van der Waals surface area contributed by atoms with Gasteiger partial charge in [-0.1, -0.05) is 0 Å². The summed E-state index contributed by atoms with van der Waals surface area (Å²) in [5.74, 6) is 0.288. The predicted molar refractivity (Wildman–Crippen MR) is 69.3 cm³/mol. The molecule has 4 nitrogen and oxygen atoms in total. The Morgan fingerprint density at radius 3 is 2.15 bits per heavy atom. The van der Waals surface area contributed by atoms with E-state index >= 15 is 0 Å². The van der Waals surface area contributed by atoms with Crippen LogP contribution in [-0.4, -0.2) is 4.98 Å². The van der Waals surface area contributed by atoms with E-state index in [9.17, 15) is 17.6 Å². The molecule has 0 fully saturated rings. The van der Waals surface area contributed by atoms with Crippen molar-refractivity contribution in [1.82, 2.24) is 4.98 Å². The van der Waals surface area contributed by atoms with Crippen LogP contribution < -0.4 is 16.6 Å². The van der Waals surface area contributed by atoms with Crippen molar-refractivity contribution in [2.75, 3.05) is 10.7 Å². The van der Waals surface area contributed by atoms with Crippen molar-refractivity contribution >= 4 is 33.3 Å². The maximum absolute atomic E-state index is 13.5. The van der Waals surface area contributed by atoms with E-state index in [4.69, 9.17) is 5.84 Å². The lowest BCUT2D eigenvalue weighted by atomic mass is 10.3. The molecule has 0 radical (unpaired) electrons. The normalized spacial score (nSPS) is 10.5. The average molecular weight is 351 g/mol. The standard InChI is InChI=1S/C11H7BrF4N4/c12-4-1-9(6(14)2-5(4)13)18-10-7(15)3-8(16)11(19-10)20-17/h1-3H,17H2,(H2,18,19,20). The van der Waals surface area contributed by atoms with Crippen LogP contribution in [0.3, 0.4) is 0 Å². The quantitative estimate of drug-likeness (QED) is 0.343. The Morgan fingerprint density at radius 1 is 0.900 bits per heavy atom. The third-order valence-electron chi connectivity index (χ3n) is 2.33. The number of benzene rings is 1. The number of aromatic nitrogens is 1. The second kappa shape index (κ2) is 5.63. The minimum atomic E-state index is -1.05. The molecule has 0 aliphatic heterocycles. The van der Waals surface area contributed by atoms with Gasteiger partial charge < -0.3 is 10.7 Å². The molecule has 2 rings (SSSR count). The Morgan fingerprint density at radius 2 is 1.50 bits per heavy atom. The molecular formula is C11H7BrF4N4. The monoisotopic (exact) mass is 350 g/mol. The second-order valence-corrected chi connectivity index (χ2v) is 4.52. The molecule has 1 aromatic carbocycles. The molecule has 1 heterocycles. The number of rotatable bonds is 3. The Kier molecular flexibility index (Phi) is 4.09. The molecule has 0 saturated heterocycles. The fraction of sp³-hybridized carbons (Fsp3) is 0. The highest BCUT2D eigenvalue weighted by molar-refractivity contribution is 9.10. The SMILES string of the molecule is NNc1nc(Nc2cc(Br)c(F)cc2F)c(F)cc1F. The number of nitrogens with two attached hydrogens (primary N) is 1. The van der Waals surface area contributed by atoms with Crippen molar-refractivity contribution < 1.29 is 17.6 Å². The van der Waals surface area contributed by atoms with Crippen LogP contribution in [0.4, 0.5) is 34.9 Å². The van der Waals surface area contributed by atoms with Gasteiger partial charge in [0.25, 0.3) is 0 Å². The summed E-state index contributed by atoms with van der Waals surface area (Å²) in [6.07, 6.45) is 0. The van der Waals surface area contributed by atoms with Crippen LogP contribution in [0.5, 0.6) is 0 Å². The Hall–Kier alpha value is -1.87. The number of halogens is 5. The summed E-state index contributed by atoms with van der Waals surface area (Å²) >= 11 is 2.86. The van der Waals surface area contributed by atoms with Crippen LogP contribution in [0.15, 0.2) is 22.7 Å². The molecule has 0 amide bonds. The summed E-state index contributed by atoms with van der Waals surface area (Å²) in [6.45, 7) is 0. The Bertz CT molecular complexity index is 665. The molecule has 0 bridgehead atoms. The number of hydrogen-bond donors (Lipinski definition) is 3. The minimum absolute atomic E-state index is 0.0268. The number of pyridine rings is 1. The first-order valence-electron chi connectivity index (χ1n) is 5.16. The molecule has 1 aromatic heterocycles. The van der Waals surface area contributed by atoms with Gasteiger partial charge in [-0.3, -0.25) is 0 Å². The third kappa shape index (κ3) is 2.83. The van der Waals surface area contributed by atoms with E-state index in [-0.39, 0.29) is 10.2 Å². The van der Waals surface area contributed by atoms with Gasteiger partial charge in [0.1, 0.15) is 11.6 Å². The molecule has 0 unspecified atom stereocenters. The highest BCUT2D eigenvalue weighted by Crippen LogP contribution is 2.27. The van der Waals surface area contributed by atoms with E-state index in [1.807, 2.05) is 5.43 Å². The number of anilines is 3. The molecule has 0 saturated carbocycles. The molecule has 2 aromatic rings. The topological polar surface area (TPSA) is 63.0 Å². The largest absolute Gasteiger partial charge is 0.335 e. The zero-order valence-corrected chi connectivity index (χ0v) is 11.2. The molecule has 9 heteroatoms. The van der Waals surface area contributed by atoms with Gasteiger partial charge >= 0.3 is 0 Å². The highest BCUT2D eigenvalue weighted by Gasteiger charge is 2.14. The lowest BCUT2D eigenvalue weighted by Crippen LogP contribution is -2.12. The van der Waals surface area contributed by atoms with E-state index in [2.05, 4.69) is 26.2 Å². The average Bonchev–Trinajstić information content (AvgIpc) is 2.38. The van der Waals surface area contributed by atoms with Gasteiger partial charge in [0.05, 0.1) is 10.2 Å². The summed E-state index contributed by atoms with van der Waals surface area (Å²) in [5, 5.41) is 2.29. The van der Waals surface area contributed by atoms with Gasteiger partial charge in [0.2, 0.25) is 0 Å². The van der Waals surface area contributed by atoms with E-state index in [1.54, 1.807) is 0 Å². The Balaban J connectivity index is 2.42. The van der Waals surface area contributed by atoms with Gasteiger partial charge in [-0.25, -0.2) is 28.4 Å². The number of hydrazine groups is 1. The molecular weight excluding hydrogens is 344 g/mol. The van der Waals surface area contributed by atoms with Crippen LogP contribution in [-0.2, 0) is 0 Å². The van der Waals surface area contributed by atoms with Gasteiger partial charge in [-0.2, -0.15) is 0 Å². The van der Waals surface area contributed by atoms with Gasteiger partial charge in [-0.15, -0.1) is 0 Å². The van der Waals surface area contributed by atoms with E-state index in [0.29, 0.717) is 12.1 Å². The van der Waals surface area contributed by atoms with Gasteiger partial charge in [0, 0.05) is 12.1 Å². The first kappa shape index (κ1) is 14.5.